The number of anilines is 1. The van der Waals surface area contributed by atoms with Gasteiger partial charge in [-0.15, -0.1) is 0 Å². The number of aromatic nitrogens is 2. The lowest BCUT2D eigenvalue weighted by atomic mass is 10.1. The molecule has 1 N–H and O–H groups in total. The van der Waals surface area contributed by atoms with Crippen molar-refractivity contribution in [2.45, 2.75) is 20.0 Å². The largest absolute Gasteiger partial charge is 0.494 e. The lowest BCUT2D eigenvalue weighted by Crippen LogP contribution is -2.12. The van der Waals surface area contributed by atoms with Crippen molar-refractivity contribution >= 4 is 17.5 Å². The number of nitrogens with zero attached hydrogens (tertiary/aromatic N) is 2. The van der Waals surface area contributed by atoms with Crippen LogP contribution in [-0.4, -0.2) is 29.9 Å². The van der Waals surface area contributed by atoms with Crippen molar-refractivity contribution in [2.75, 3.05) is 25.6 Å². The van der Waals surface area contributed by atoms with Crippen LogP contribution in [0.1, 0.15) is 12.5 Å². The van der Waals surface area contributed by atoms with Gasteiger partial charge in [0.2, 0.25) is 5.95 Å². The Kier molecular flexibility index (Phi) is 6.90. The quantitative estimate of drug-likeness (QED) is 0.546. The van der Waals surface area contributed by atoms with Gasteiger partial charge in [-0.3, -0.25) is 0 Å². The second kappa shape index (κ2) is 9.57. The summed E-state index contributed by atoms with van der Waals surface area (Å²) < 4.78 is 26.8. The minimum Gasteiger partial charge on any atom is -0.494 e. The first-order valence-corrected chi connectivity index (χ1v) is 9.46. The molecule has 0 spiro atoms. The Bertz CT molecular complexity index is 892. The number of nitrogens with one attached hydrogen (secondary N) is 1. The molecule has 7 heteroatoms. The molecule has 0 aliphatic heterocycles. The van der Waals surface area contributed by atoms with Crippen molar-refractivity contribution in [3.05, 3.63) is 65.1 Å². The minimum absolute atomic E-state index is 0.234. The summed E-state index contributed by atoms with van der Waals surface area (Å²) in [7, 11) is 1.65. The highest BCUT2D eigenvalue weighted by Gasteiger charge is 2.13. The molecule has 0 atom stereocenters. The zero-order chi connectivity index (χ0) is 19.9. The zero-order valence-corrected chi connectivity index (χ0v) is 16.7. The van der Waals surface area contributed by atoms with Crippen molar-refractivity contribution in [3.63, 3.8) is 0 Å². The summed E-state index contributed by atoms with van der Waals surface area (Å²) in [5.41, 5.74) is 2.35. The van der Waals surface area contributed by atoms with Gasteiger partial charge < -0.3 is 19.4 Å². The molecule has 3 rings (SSSR count). The van der Waals surface area contributed by atoms with Gasteiger partial charge in [-0.2, -0.15) is 0 Å². The Balaban J connectivity index is 1.85. The van der Waals surface area contributed by atoms with Crippen LogP contribution in [-0.2, 0) is 17.8 Å². The van der Waals surface area contributed by atoms with Gasteiger partial charge in [-0.1, -0.05) is 17.7 Å². The van der Waals surface area contributed by atoms with E-state index in [0.717, 1.165) is 17.0 Å². The van der Waals surface area contributed by atoms with Gasteiger partial charge in [0.25, 0.3) is 0 Å². The van der Waals surface area contributed by atoms with E-state index >= 15 is 0 Å². The predicted molar refractivity (Wildman–Crippen MR) is 109 cm³/mol. The van der Waals surface area contributed by atoms with Crippen LogP contribution in [0.2, 0.25) is 5.02 Å². The molecule has 0 saturated heterocycles. The van der Waals surface area contributed by atoms with Gasteiger partial charge in [-0.25, -0.2) is 9.37 Å². The molecule has 0 aliphatic carbocycles. The van der Waals surface area contributed by atoms with E-state index in [1.165, 1.54) is 6.07 Å². The Morgan fingerprint density at radius 1 is 1.18 bits per heavy atom. The molecule has 148 valence electrons. The van der Waals surface area contributed by atoms with Crippen LogP contribution in [0.25, 0.3) is 11.3 Å². The first kappa shape index (κ1) is 20.2. The van der Waals surface area contributed by atoms with Crippen LogP contribution in [0.4, 0.5) is 10.3 Å². The lowest BCUT2D eigenvalue weighted by Gasteiger charge is -2.14. The third kappa shape index (κ3) is 4.64. The topological polar surface area (TPSA) is 48.3 Å². The number of hydrogen-bond acceptors (Lipinski definition) is 4. The normalized spacial score (nSPS) is 10.9. The van der Waals surface area contributed by atoms with Crippen LogP contribution in [0.5, 0.6) is 5.75 Å². The fourth-order valence-electron chi connectivity index (χ4n) is 2.91. The van der Waals surface area contributed by atoms with Crippen molar-refractivity contribution in [2.24, 2.45) is 0 Å². The Morgan fingerprint density at radius 2 is 1.96 bits per heavy atom. The number of hydrogen-bond donors (Lipinski definition) is 1. The van der Waals surface area contributed by atoms with Gasteiger partial charge in [0.15, 0.2) is 0 Å². The maximum absolute atomic E-state index is 14.0. The zero-order valence-electron chi connectivity index (χ0n) is 15.9. The standard InChI is InChI=1S/C21H23ClFN3O2/c1-3-28-16-9-7-15(8-10-16)20-14-25-21(26(20)11-12-27-2)24-13-17-18(22)5-4-6-19(17)23/h4-10,14H,3,11-13H2,1-2H3,(H,24,25). The minimum atomic E-state index is -0.346. The summed E-state index contributed by atoms with van der Waals surface area (Å²) in [5, 5.41) is 3.57. The summed E-state index contributed by atoms with van der Waals surface area (Å²) in [4.78, 5) is 4.48. The predicted octanol–water partition coefficient (Wildman–Crippen LogP) is 5.00. The van der Waals surface area contributed by atoms with E-state index in [1.807, 2.05) is 35.8 Å². The molecule has 0 aliphatic rings. The molecule has 28 heavy (non-hydrogen) atoms. The average Bonchev–Trinajstić information content (AvgIpc) is 3.09. The summed E-state index contributed by atoms with van der Waals surface area (Å²) in [6.45, 7) is 3.94. The first-order chi connectivity index (χ1) is 13.6. The van der Waals surface area contributed by atoms with E-state index in [9.17, 15) is 4.39 Å². The maximum atomic E-state index is 14.0. The van der Waals surface area contributed by atoms with Crippen molar-refractivity contribution < 1.29 is 13.9 Å². The molecule has 0 saturated carbocycles. The van der Waals surface area contributed by atoms with Gasteiger partial charge in [-0.05, 0) is 43.3 Å². The Labute approximate surface area is 169 Å². The van der Waals surface area contributed by atoms with E-state index in [0.29, 0.717) is 36.3 Å². The average molecular weight is 404 g/mol. The van der Waals surface area contributed by atoms with Crippen LogP contribution < -0.4 is 10.1 Å². The molecule has 0 radical (unpaired) electrons. The number of rotatable bonds is 9. The number of ether oxygens (including phenoxy) is 2. The highest BCUT2D eigenvalue weighted by atomic mass is 35.5. The van der Waals surface area contributed by atoms with Gasteiger partial charge >= 0.3 is 0 Å². The Morgan fingerprint density at radius 3 is 2.64 bits per heavy atom. The van der Waals surface area contributed by atoms with E-state index in [2.05, 4.69) is 10.3 Å². The third-order valence-electron chi connectivity index (χ3n) is 4.32. The highest BCUT2D eigenvalue weighted by Crippen LogP contribution is 2.26. The van der Waals surface area contributed by atoms with E-state index < -0.39 is 0 Å². The lowest BCUT2D eigenvalue weighted by molar-refractivity contribution is 0.188. The van der Waals surface area contributed by atoms with Crippen LogP contribution >= 0.6 is 11.6 Å². The smallest absolute Gasteiger partial charge is 0.203 e. The SMILES string of the molecule is CCOc1ccc(-c2cnc(NCc3c(F)cccc3Cl)n2CCOC)cc1. The molecule has 1 aromatic heterocycles. The second-order valence-corrected chi connectivity index (χ2v) is 6.53. The van der Waals surface area contributed by atoms with E-state index in [1.54, 1.807) is 25.4 Å². The number of halogens is 2. The fraction of sp³-hybridized carbons (Fsp3) is 0.286. The number of benzene rings is 2. The molecule has 3 aromatic rings. The summed E-state index contributed by atoms with van der Waals surface area (Å²) in [5.74, 6) is 1.10. The van der Waals surface area contributed by atoms with Gasteiger partial charge in [0.1, 0.15) is 11.6 Å². The third-order valence-corrected chi connectivity index (χ3v) is 4.67. The molecule has 2 aromatic carbocycles. The molecule has 1 heterocycles. The highest BCUT2D eigenvalue weighted by molar-refractivity contribution is 6.31. The molecular formula is C21H23ClFN3O2. The molecule has 0 amide bonds. The van der Waals surface area contributed by atoms with E-state index in [4.69, 9.17) is 21.1 Å². The maximum Gasteiger partial charge on any atom is 0.203 e. The number of imidazole rings is 1. The van der Waals surface area contributed by atoms with Crippen LogP contribution in [0.15, 0.2) is 48.7 Å². The van der Waals surface area contributed by atoms with Crippen molar-refractivity contribution in [3.8, 4) is 17.0 Å². The van der Waals surface area contributed by atoms with Crippen molar-refractivity contribution in [1.82, 2.24) is 9.55 Å². The summed E-state index contributed by atoms with van der Waals surface area (Å²) in [6.07, 6.45) is 1.79. The summed E-state index contributed by atoms with van der Waals surface area (Å²) >= 11 is 6.12. The van der Waals surface area contributed by atoms with Crippen LogP contribution in [0.3, 0.4) is 0 Å². The molecule has 0 unspecified atom stereocenters. The van der Waals surface area contributed by atoms with Gasteiger partial charge in [0, 0.05) is 36.3 Å². The van der Waals surface area contributed by atoms with Gasteiger partial charge in [0.05, 0.1) is 25.1 Å². The van der Waals surface area contributed by atoms with Crippen molar-refractivity contribution in [1.29, 1.82) is 0 Å². The number of methoxy groups -OCH3 is 1. The molecular weight excluding hydrogens is 381 g/mol. The fourth-order valence-corrected chi connectivity index (χ4v) is 3.14. The Hall–Kier alpha value is -2.57. The molecule has 5 nitrogen and oxygen atoms in total. The second-order valence-electron chi connectivity index (χ2n) is 6.12. The van der Waals surface area contributed by atoms with Crippen LogP contribution in [0, 0.1) is 5.82 Å². The monoisotopic (exact) mass is 403 g/mol. The molecule has 0 fully saturated rings. The summed E-state index contributed by atoms with van der Waals surface area (Å²) in [6, 6.07) is 12.5. The van der Waals surface area contributed by atoms with E-state index in [-0.39, 0.29) is 12.4 Å². The first-order valence-electron chi connectivity index (χ1n) is 9.08. The molecule has 0 bridgehead atoms.